The Morgan fingerprint density at radius 3 is 2.50 bits per heavy atom. The number of hydrogen-bond acceptors (Lipinski definition) is 3. The van der Waals surface area contributed by atoms with E-state index in [1.54, 1.807) is 18.0 Å². The lowest BCUT2D eigenvalue weighted by Gasteiger charge is -2.15. The molecule has 98 valence electrons. The maximum absolute atomic E-state index is 12.8. The molecule has 2 saturated carbocycles. The first-order valence-electron chi connectivity index (χ1n) is 6.90. The average molecular weight is 248 g/mol. The van der Waals surface area contributed by atoms with Crippen LogP contribution in [0, 0.1) is 17.8 Å². The third kappa shape index (κ3) is 1.93. The third-order valence-corrected chi connectivity index (χ3v) is 4.12. The quantitative estimate of drug-likeness (QED) is 0.727. The maximum atomic E-state index is 12.8. The van der Waals surface area contributed by atoms with Gasteiger partial charge in [0.25, 0.3) is 0 Å². The van der Waals surface area contributed by atoms with Gasteiger partial charge in [-0.1, -0.05) is 0 Å². The number of methoxy groups -OCH3 is 1. The second-order valence-corrected chi connectivity index (χ2v) is 5.44. The van der Waals surface area contributed by atoms with Crippen molar-refractivity contribution in [3.63, 3.8) is 0 Å². The number of rotatable bonds is 6. The predicted octanol–water partition coefficient (Wildman–Crippen LogP) is 2.53. The molecule has 0 saturated heterocycles. The Morgan fingerprint density at radius 1 is 1.44 bits per heavy atom. The summed E-state index contributed by atoms with van der Waals surface area (Å²) in [6, 6.07) is 0. The van der Waals surface area contributed by atoms with Gasteiger partial charge in [0, 0.05) is 12.5 Å². The lowest BCUT2D eigenvalue weighted by atomic mass is 9.91. The summed E-state index contributed by atoms with van der Waals surface area (Å²) in [6.45, 7) is 2.72. The summed E-state index contributed by atoms with van der Waals surface area (Å²) in [4.78, 5) is 12.8. The molecule has 1 aromatic heterocycles. The first kappa shape index (κ1) is 11.8. The van der Waals surface area contributed by atoms with Crippen LogP contribution in [-0.2, 0) is 6.54 Å². The highest BCUT2D eigenvalue weighted by atomic mass is 16.5. The van der Waals surface area contributed by atoms with Crippen LogP contribution in [0.3, 0.4) is 0 Å². The molecular weight excluding hydrogens is 228 g/mol. The number of nitrogens with zero attached hydrogens (tertiary/aromatic N) is 2. The number of Topliss-reactive ketones (excluding diaryl/α,β-unsaturated/α-hetero) is 1. The van der Waals surface area contributed by atoms with Gasteiger partial charge in [0.05, 0.1) is 13.3 Å². The van der Waals surface area contributed by atoms with Gasteiger partial charge in [-0.2, -0.15) is 5.10 Å². The molecule has 0 aliphatic heterocycles. The lowest BCUT2D eigenvalue weighted by Crippen LogP contribution is -2.23. The van der Waals surface area contributed by atoms with Gasteiger partial charge in [-0.25, -0.2) is 0 Å². The number of carbonyl (C=O) groups is 1. The Hall–Kier alpha value is -1.32. The fourth-order valence-corrected chi connectivity index (χ4v) is 2.89. The molecular formula is C14H20N2O2. The fraction of sp³-hybridized carbons (Fsp3) is 0.714. The van der Waals surface area contributed by atoms with E-state index in [1.807, 2.05) is 6.92 Å². The smallest absolute Gasteiger partial charge is 0.188 e. The maximum Gasteiger partial charge on any atom is 0.188 e. The fourth-order valence-electron chi connectivity index (χ4n) is 2.89. The van der Waals surface area contributed by atoms with Crippen molar-refractivity contribution in [1.82, 2.24) is 9.78 Å². The highest BCUT2D eigenvalue weighted by Gasteiger charge is 2.47. The molecule has 0 bridgehead atoms. The largest absolute Gasteiger partial charge is 0.493 e. The second kappa shape index (κ2) is 4.41. The highest BCUT2D eigenvalue weighted by molar-refractivity contribution is 5.99. The Labute approximate surface area is 107 Å². The molecule has 0 atom stereocenters. The van der Waals surface area contributed by atoms with Crippen LogP contribution in [0.4, 0.5) is 0 Å². The third-order valence-electron chi connectivity index (χ3n) is 4.12. The average Bonchev–Trinajstić information content (AvgIpc) is 3.29. The lowest BCUT2D eigenvalue weighted by molar-refractivity contribution is 0.0872. The van der Waals surface area contributed by atoms with Crippen LogP contribution in [0.15, 0.2) is 6.20 Å². The van der Waals surface area contributed by atoms with Crippen LogP contribution in [0.5, 0.6) is 5.75 Å². The molecule has 4 heteroatoms. The first-order valence-corrected chi connectivity index (χ1v) is 6.90. The molecule has 0 aromatic carbocycles. The molecule has 2 aliphatic carbocycles. The van der Waals surface area contributed by atoms with Crippen molar-refractivity contribution in [1.29, 1.82) is 0 Å². The minimum Gasteiger partial charge on any atom is -0.493 e. The number of carbonyl (C=O) groups excluding carboxylic acids is 1. The van der Waals surface area contributed by atoms with E-state index in [4.69, 9.17) is 4.74 Å². The molecule has 0 N–H and O–H groups in total. The normalized spacial score (nSPS) is 19.3. The summed E-state index contributed by atoms with van der Waals surface area (Å²) in [5.41, 5.74) is 0.684. The van der Waals surface area contributed by atoms with Gasteiger partial charge in [0.2, 0.25) is 0 Å². The minimum absolute atomic E-state index is 0.223. The highest BCUT2D eigenvalue weighted by Crippen LogP contribution is 2.50. The summed E-state index contributed by atoms with van der Waals surface area (Å²) < 4.78 is 7.07. The Morgan fingerprint density at radius 2 is 2.06 bits per heavy atom. The zero-order valence-electron chi connectivity index (χ0n) is 11.1. The second-order valence-electron chi connectivity index (χ2n) is 5.44. The van der Waals surface area contributed by atoms with E-state index in [2.05, 4.69) is 5.10 Å². The molecule has 4 nitrogen and oxygen atoms in total. The summed E-state index contributed by atoms with van der Waals surface area (Å²) >= 11 is 0. The molecule has 0 spiro atoms. The van der Waals surface area contributed by atoms with Crippen LogP contribution in [0.2, 0.25) is 0 Å². The van der Waals surface area contributed by atoms with E-state index < -0.39 is 0 Å². The SMILES string of the molecule is CCn1ncc(OC)c1C(=O)C(C1CC1)C1CC1. The summed E-state index contributed by atoms with van der Waals surface area (Å²) in [6.07, 6.45) is 6.53. The zero-order valence-corrected chi connectivity index (χ0v) is 11.1. The van der Waals surface area contributed by atoms with Gasteiger partial charge >= 0.3 is 0 Å². The van der Waals surface area contributed by atoms with Crippen LogP contribution < -0.4 is 4.74 Å². The van der Waals surface area contributed by atoms with Crippen molar-refractivity contribution in [2.45, 2.75) is 39.2 Å². The van der Waals surface area contributed by atoms with E-state index in [1.165, 1.54) is 25.7 Å². The topological polar surface area (TPSA) is 44.1 Å². The van der Waals surface area contributed by atoms with E-state index in [0.29, 0.717) is 29.8 Å². The molecule has 0 amide bonds. The molecule has 0 radical (unpaired) electrons. The number of hydrogen-bond donors (Lipinski definition) is 0. The number of ether oxygens (including phenoxy) is 1. The van der Waals surface area contributed by atoms with Crippen LogP contribution >= 0.6 is 0 Å². The van der Waals surface area contributed by atoms with E-state index in [0.717, 1.165) is 0 Å². The molecule has 1 aromatic rings. The molecule has 2 aliphatic rings. The van der Waals surface area contributed by atoms with E-state index in [-0.39, 0.29) is 11.7 Å². The number of aromatic nitrogens is 2. The number of aryl methyl sites for hydroxylation is 1. The van der Waals surface area contributed by atoms with Crippen molar-refractivity contribution in [2.24, 2.45) is 17.8 Å². The van der Waals surface area contributed by atoms with Crippen LogP contribution in [0.25, 0.3) is 0 Å². The molecule has 18 heavy (non-hydrogen) atoms. The van der Waals surface area contributed by atoms with Gasteiger partial charge in [0.15, 0.2) is 11.5 Å². The summed E-state index contributed by atoms with van der Waals surface area (Å²) in [7, 11) is 1.61. The predicted molar refractivity (Wildman–Crippen MR) is 67.7 cm³/mol. The molecule has 2 fully saturated rings. The van der Waals surface area contributed by atoms with Gasteiger partial charge in [-0.05, 0) is 44.4 Å². The Balaban J connectivity index is 1.92. The molecule has 1 heterocycles. The molecule has 3 rings (SSSR count). The summed E-state index contributed by atoms with van der Waals surface area (Å²) in [5, 5.41) is 4.24. The van der Waals surface area contributed by atoms with Gasteiger partial charge < -0.3 is 4.74 Å². The van der Waals surface area contributed by atoms with Gasteiger partial charge in [0.1, 0.15) is 5.69 Å². The van der Waals surface area contributed by atoms with Crippen molar-refractivity contribution < 1.29 is 9.53 Å². The van der Waals surface area contributed by atoms with Gasteiger partial charge in [-0.15, -0.1) is 0 Å². The minimum atomic E-state index is 0.223. The van der Waals surface area contributed by atoms with E-state index >= 15 is 0 Å². The monoisotopic (exact) mass is 248 g/mol. The standard InChI is InChI=1S/C14H20N2O2/c1-3-16-13(11(18-2)8-15-16)14(17)12(9-4-5-9)10-6-7-10/h8-10,12H,3-7H2,1-2H3. The Kier molecular flexibility index (Phi) is 2.88. The van der Waals surface area contributed by atoms with Gasteiger partial charge in [-0.3, -0.25) is 9.48 Å². The number of ketones is 1. The zero-order chi connectivity index (χ0) is 12.7. The van der Waals surface area contributed by atoms with E-state index in [9.17, 15) is 4.79 Å². The van der Waals surface area contributed by atoms with Crippen LogP contribution in [-0.4, -0.2) is 22.7 Å². The van der Waals surface area contributed by atoms with Crippen molar-refractivity contribution >= 4 is 5.78 Å². The van der Waals surface area contributed by atoms with Crippen molar-refractivity contribution in [3.05, 3.63) is 11.9 Å². The Bertz CT molecular complexity index is 425. The first-order chi connectivity index (χ1) is 8.76. The molecule has 0 unspecified atom stereocenters. The van der Waals surface area contributed by atoms with Crippen molar-refractivity contribution in [2.75, 3.05) is 7.11 Å². The van der Waals surface area contributed by atoms with Crippen LogP contribution in [0.1, 0.15) is 43.1 Å². The van der Waals surface area contributed by atoms with Crippen molar-refractivity contribution in [3.8, 4) is 5.75 Å². The summed E-state index contributed by atoms with van der Waals surface area (Å²) in [5.74, 6) is 2.36.